The van der Waals surface area contributed by atoms with Gasteiger partial charge in [-0.2, -0.15) is 0 Å². The van der Waals surface area contributed by atoms with Crippen LogP contribution in [0.25, 0.3) is 11.0 Å². The van der Waals surface area contributed by atoms with Crippen molar-refractivity contribution in [3.63, 3.8) is 0 Å². The summed E-state index contributed by atoms with van der Waals surface area (Å²) in [5.41, 5.74) is -0.620. The van der Waals surface area contributed by atoms with Crippen LogP contribution in [-0.2, 0) is 18.3 Å². The van der Waals surface area contributed by atoms with E-state index in [1.54, 1.807) is 13.8 Å². The van der Waals surface area contributed by atoms with Crippen LogP contribution < -0.4 is 11.2 Å². The maximum Gasteiger partial charge on any atom is 0.356 e. The Morgan fingerprint density at radius 3 is 2.60 bits per heavy atom. The Kier molecular flexibility index (Phi) is 3.69. The topological polar surface area (TPSA) is 83.2 Å². The van der Waals surface area contributed by atoms with Crippen molar-refractivity contribution in [2.24, 2.45) is 7.05 Å². The number of aryl methyl sites for hydroxylation is 1. The summed E-state index contributed by atoms with van der Waals surface area (Å²) in [6.45, 7) is 3.92. The Bertz CT molecular complexity index is 789. The molecule has 0 saturated carbocycles. The van der Waals surface area contributed by atoms with Gasteiger partial charge in [0.2, 0.25) is 0 Å². The molecule has 0 spiro atoms. The number of esters is 1. The summed E-state index contributed by atoms with van der Waals surface area (Å²) in [5, 5.41) is 0.294. The minimum Gasteiger partial charge on any atom is -0.461 e. The van der Waals surface area contributed by atoms with Crippen LogP contribution in [0.3, 0.4) is 0 Å². The van der Waals surface area contributed by atoms with Crippen LogP contribution in [0.1, 0.15) is 24.3 Å². The van der Waals surface area contributed by atoms with E-state index in [2.05, 4.69) is 4.98 Å². The van der Waals surface area contributed by atoms with Gasteiger partial charge in [0.15, 0.2) is 5.69 Å². The first kappa shape index (κ1) is 14.0. The standard InChI is InChI=1S/C13H15N3O4/c1-4-16-11(17)8-6-7-9(12(18)20-5-2)14-10(8)15(3)13(16)19/h6-7H,4-5H2,1-3H3. The molecule has 0 N–H and O–H groups in total. The fraction of sp³-hybridized carbons (Fsp3) is 0.385. The van der Waals surface area contributed by atoms with Gasteiger partial charge in [0.1, 0.15) is 5.65 Å². The molecular formula is C13H15N3O4. The highest BCUT2D eigenvalue weighted by atomic mass is 16.5. The number of carbonyl (C=O) groups excluding carboxylic acids is 1. The van der Waals surface area contributed by atoms with Gasteiger partial charge >= 0.3 is 11.7 Å². The molecule has 0 atom stereocenters. The largest absolute Gasteiger partial charge is 0.461 e. The smallest absolute Gasteiger partial charge is 0.356 e. The molecule has 106 valence electrons. The van der Waals surface area contributed by atoms with Crippen LogP contribution in [0, 0.1) is 0 Å². The van der Waals surface area contributed by atoms with Crippen molar-refractivity contribution in [3.8, 4) is 0 Å². The highest BCUT2D eigenvalue weighted by Crippen LogP contribution is 2.07. The summed E-state index contributed by atoms with van der Waals surface area (Å²) in [6, 6.07) is 2.91. The van der Waals surface area contributed by atoms with Gasteiger partial charge in [-0.1, -0.05) is 0 Å². The third-order valence-corrected chi connectivity index (χ3v) is 2.99. The fourth-order valence-electron chi connectivity index (χ4n) is 1.97. The van der Waals surface area contributed by atoms with E-state index in [-0.39, 0.29) is 24.5 Å². The number of ether oxygens (including phenoxy) is 1. The maximum absolute atomic E-state index is 12.1. The predicted molar refractivity (Wildman–Crippen MR) is 72.9 cm³/mol. The number of fused-ring (bicyclic) bond motifs is 1. The normalized spacial score (nSPS) is 10.8. The van der Waals surface area contributed by atoms with Crippen molar-refractivity contribution in [1.29, 1.82) is 0 Å². The molecule has 20 heavy (non-hydrogen) atoms. The number of hydrogen-bond donors (Lipinski definition) is 0. The number of rotatable bonds is 3. The van der Waals surface area contributed by atoms with E-state index in [0.717, 1.165) is 4.57 Å². The van der Waals surface area contributed by atoms with E-state index in [4.69, 9.17) is 4.74 Å². The second-order valence-corrected chi connectivity index (χ2v) is 4.18. The maximum atomic E-state index is 12.1. The predicted octanol–water partition coefficient (Wildman–Crippen LogP) is 0.292. The van der Waals surface area contributed by atoms with Gasteiger partial charge in [0, 0.05) is 13.6 Å². The Hall–Kier alpha value is -2.44. The average molecular weight is 277 g/mol. The zero-order chi connectivity index (χ0) is 14.9. The monoisotopic (exact) mass is 277 g/mol. The molecule has 7 nitrogen and oxygen atoms in total. The summed E-state index contributed by atoms with van der Waals surface area (Å²) >= 11 is 0. The van der Waals surface area contributed by atoms with E-state index in [1.807, 2.05) is 0 Å². The van der Waals surface area contributed by atoms with E-state index in [0.29, 0.717) is 5.39 Å². The van der Waals surface area contributed by atoms with Crippen molar-refractivity contribution < 1.29 is 9.53 Å². The van der Waals surface area contributed by atoms with Crippen LogP contribution in [0.5, 0.6) is 0 Å². The minimum atomic E-state index is -0.582. The molecular weight excluding hydrogens is 262 g/mol. The molecule has 0 aliphatic heterocycles. The highest BCUT2D eigenvalue weighted by Gasteiger charge is 2.14. The molecule has 2 heterocycles. The molecule has 0 radical (unpaired) electrons. The third kappa shape index (κ3) is 2.11. The summed E-state index contributed by atoms with van der Waals surface area (Å²) in [5.74, 6) is -0.582. The van der Waals surface area contributed by atoms with Gasteiger partial charge in [0.05, 0.1) is 12.0 Å². The molecule has 2 rings (SSSR count). The van der Waals surface area contributed by atoms with Crippen LogP contribution in [-0.4, -0.2) is 26.7 Å². The Morgan fingerprint density at radius 2 is 2.00 bits per heavy atom. The van der Waals surface area contributed by atoms with Gasteiger partial charge in [-0.15, -0.1) is 0 Å². The van der Waals surface area contributed by atoms with Crippen LogP contribution >= 0.6 is 0 Å². The second kappa shape index (κ2) is 5.28. The lowest BCUT2D eigenvalue weighted by molar-refractivity contribution is 0.0520. The van der Waals surface area contributed by atoms with Crippen molar-refractivity contribution in [3.05, 3.63) is 38.7 Å². The second-order valence-electron chi connectivity index (χ2n) is 4.18. The molecule has 0 unspecified atom stereocenters. The van der Waals surface area contributed by atoms with Crippen LogP contribution in [0.2, 0.25) is 0 Å². The van der Waals surface area contributed by atoms with E-state index in [1.165, 1.54) is 23.7 Å². The molecule has 0 saturated heterocycles. The molecule has 0 amide bonds. The van der Waals surface area contributed by atoms with E-state index in [9.17, 15) is 14.4 Å². The van der Waals surface area contributed by atoms with Gasteiger partial charge in [0.25, 0.3) is 5.56 Å². The Balaban J connectivity index is 2.77. The summed E-state index contributed by atoms with van der Waals surface area (Å²) in [6.07, 6.45) is 0. The first-order chi connectivity index (χ1) is 9.51. The van der Waals surface area contributed by atoms with E-state index >= 15 is 0 Å². The molecule has 0 aliphatic rings. The first-order valence-corrected chi connectivity index (χ1v) is 6.29. The molecule has 7 heteroatoms. The van der Waals surface area contributed by atoms with Crippen molar-refractivity contribution >= 4 is 17.0 Å². The number of pyridine rings is 1. The zero-order valence-electron chi connectivity index (χ0n) is 11.5. The number of aromatic nitrogens is 3. The molecule has 2 aromatic rings. The van der Waals surface area contributed by atoms with Crippen LogP contribution in [0.4, 0.5) is 0 Å². The minimum absolute atomic E-state index is 0.0722. The Labute approximate surface area is 114 Å². The highest BCUT2D eigenvalue weighted by molar-refractivity contribution is 5.90. The quantitative estimate of drug-likeness (QED) is 0.753. The van der Waals surface area contributed by atoms with Gasteiger partial charge < -0.3 is 4.74 Å². The fourth-order valence-corrected chi connectivity index (χ4v) is 1.97. The van der Waals surface area contributed by atoms with Crippen LogP contribution in [0.15, 0.2) is 21.7 Å². The number of nitrogens with zero attached hydrogens (tertiary/aromatic N) is 3. The number of carbonyl (C=O) groups is 1. The SMILES string of the molecule is CCOC(=O)c1ccc2c(=O)n(CC)c(=O)n(C)c2n1. The van der Waals surface area contributed by atoms with Crippen molar-refractivity contribution in [2.75, 3.05) is 6.61 Å². The molecule has 0 fully saturated rings. The molecule has 0 aromatic carbocycles. The van der Waals surface area contributed by atoms with Crippen molar-refractivity contribution in [1.82, 2.24) is 14.1 Å². The van der Waals surface area contributed by atoms with E-state index < -0.39 is 17.2 Å². The molecule has 0 bridgehead atoms. The summed E-state index contributed by atoms with van der Waals surface area (Å²) in [4.78, 5) is 39.8. The first-order valence-electron chi connectivity index (χ1n) is 6.29. The third-order valence-electron chi connectivity index (χ3n) is 2.99. The Morgan fingerprint density at radius 1 is 1.30 bits per heavy atom. The zero-order valence-corrected chi connectivity index (χ0v) is 11.5. The summed E-state index contributed by atoms with van der Waals surface area (Å²) in [7, 11) is 1.51. The summed E-state index contributed by atoms with van der Waals surface area (Å²) < 4.78 is 7.22. The lowest BCUT2D eigenvalue weighted by Gasteiger charge is -2.09. The van der Waals surface area contributed by atoms with Crippen molar-refractivity contribution in [2.45, 2.75) is 20.4 Å². The molecule has 0 aliphatic carbocycles. The van der Waals surface area contributed by atoms with Gasteiger partial charge in [-0.25, -0.2) is 14.6 Å². The van der Waals surface area contributed by atoms with Gasteiger partial charge in [-0.3, -0.25) is 13.9 Å². The lowest BCUT2D eigenvalue weighted by atomic mass is 10.3. The molecule has 2 aromatic heterocycles. The number of hydrogen-bond acceptors (Lipinski definition) is 5. The van der Waals surface area contributed by atoms with Gasteiger partial charge in [-0.05, 0) is 26.0 Å². The lowest BCUT2D eigenvalue weighted by Crippen LogP contribution is -2.39. The average Bonchev–Trinajstić information content (AvgIpc) is 2.45.